The lowest BCUT2D eigenvalue weighted by molar-refractivity contribution is -0.123. The lowest BCUT2D eigenvalue weighted by Crippen LogP contribution is -2.34. The van der Waals surface area contributed by atoms with Crippen LogP contribution in [0.4, 0.5) is 0 Å². The molecule has 3 unspecified atom stereocenters. The molecule has 0 fully saturated rings. The number of nitrogens with one attached hydrogen (secondary N) is 2. The molecule has 2 aliphatic rings. The normalized spacial score (nSPS) is 20.5. The first-order chi connectivity index (χ1) is 17.9. The molecule has 1 heterocycles. The minimum atomic E-state index is -3.91. The second-order valence-electron chi connectivity index (χ2n) is 9.26. The van der Waals surface area contributed by atoms with Crippen molar-refractivity contribution in [3.05, 3.63) is 76.2 Å². The van der Waals surface area contributed by atoms with Crippen LogP contribution in [0.25, 0.3) is 10.2 Å². The van der Waals surface area contributed by atoms with Crippen molar-refractivity contribution in [2.45, 2.75) is 31.7 Å². The minimum absolute atomic E-state index is 0.101. The number of carbonyl (C=O) groups excluding carboxylic acids is 1. The maximum Gasteiger partial charge on any atom is 0.240 e. The summed E-state index contributed by atoms with van der Waals surface area (Å²) in [4.78, 5) is 17.5. The molecule has 0 saturated carbocycles. The molecule has 1 amide bonds. The third-order valence-electron chi connectivity index (χ3n) is 6.46. The summed E-state index contributed by atoms with van der Waals surface area (Å²) >= 11 is 1.49. The lowest BCUT2D eigenvalue weighted by Gasteiger charge is -2.24. The Morgan fingerprint density at radius 1 is 1.32 bits per heavy atom. The number of nitrogens with zero attached hydrogens (tertiary/aromatic N) is 1. The molecule has 37 heavy (non-hydrogen) atoms. The Morgan fingerprint density at radius 3 is 2.95 bits per heavy atom. The fraction of sp³-hybridized carbons (Fsp3) is 0.407. The number of nitrogens with two attached hydrogens (primary N) is 1. The average molecular weight is 543 g/mol. The van der Waals surface area contributed by atoms with E-state index in [-0.39, 0.29) is 16.7 Å². The Labute approximate surface area is 222 Å². The van der Waals surface area contributed by atoms with Crippen molar-refractivity contribution in [1.82, 2.24) is 15.0 Å². The Kier molecular flexibility index (Phi) is 9.44. The van der Waals surface area contributed by atoms with E-state index in [0.717, 1.165) is 27.2 Å². The summed E-state index contributed by atoms with van der Waals surface area (Å²) in [5.41, 5.74) is 7.84. The van der Waals surface area contributed by atoms with Crippen molar-refractivity contribution in [3.8, 4) is 0 Å². The van der Waals surface area contributed by atoms with Gasteiger partial charge >= 0.3 is 0 Å². The topological polar surface area (TPSA) is 123 Å². The van der Waals surface area contributed by atoms with E-state index in [1.807, 2.05) is 36.4 Å². The molecule has 4 N–H and O–H groups in total. The van der Waals surface area contributed by atoms with Gasteiger partial charge in [0, 0.05) is 26.8 Å². The highest BCUT2D eigenvalue weighted by Gasteiger charge is 2.30. The van der Waals surface area contributed by atoms with Gasteiger partial charge in [0.15, 0.2) is 0 Å². The molecule has 0 spiro atoms. The summed E-state index contributed by atoms with van der Waals surface area (Å²) in [5, 5.41) is 3.58. The third kappa shape index (κ3) is 7.24. The minimum Gasteiger partial charge on any atom is -0.385 e. The fourth-order valence-electron chi connectivity index (χ4n) is 4.51. The number of hydrogen-bond acceptors (Lipinski definition) is 7. The fourth-order valence-corrected chi connectivity index (χ4v) is 6.95. The van der Waals surface area contributed by atoms with Crippen LogP contribution in [0, 0.1) is 11.8 Å². The number of aromatic nitrogens is 1. The van der Waals surface area contributed by atoms with Crippen molar-refractivity contribution in [1.29, 1.82) is 0 Å². The highest BCUT2D eigenvalue weighted by molar-refractivity contribution is 7.93. The van der Waals surface area contributed by atoms with Gasteiger partial charge in [0.25, 0.3) is 0 Å². The number of benzene rings is 1. The molecule has 0 radical (unpaired) electrons. The number of rotatable bonds is 12. The zero-order valence-electron chi connectivity index (χ0n) is 20.9. The summed E-state index contributed by atoms with van der Waals surface area (Å²) in [5.74, 6) is -0.604. The number of fused-ring (bicyclic) bond motifs is 1. The molecule has 4 rings (SSSR count). The van der Waals surface area contributed by atoms with Crippen molar-refractivity contribution in [2.75, 3.05) is 26.8 Å². The Bertz CT molecular complexity index is 1290. The van der Waals surface area contributed by atoms with E-state index in [2.05, 4.69) is 16.1 Å². The summed E-state index contributed by atoms with van der Waals surface area (Å²) in [7, 11) is -2.29. The molecule has 1 aromatic carbocycles. The SMILES string of the molecule is COCCCNC(=O)C1C=C(S(=O)(=O)NC(CC2C=CC=C(CN)C2)c2nc3ccccc3s2)C=CC1. The van der Waals surface area contributed by atoms with Crippen molar-refractivity contribution >= 4 is 37.5 Å². The predicted molar refractivity (Wildman–Crippen MR) is 148 cm³/mol. The zero-order chi connectivity index (χ0) is 26.3. The molecular formula is C27H34N4O4S2. The molecular weight excluding hydrogens is 508 g/mol. The molecule has 0 aliphatic heterocycles. The van der Waals surface area contributed by atoms with E-state index in [1.165, 1.54) is 11.3 Å². The largest absolute Gasteiger partial charge is 0.385 e. The van der Waals surface area contributed by atoms with Gasteiger partial charge in [-0.25, -0.2) is 18.1 Å². The van der Waals surface area contributed by atoms with Crippen LogP contribution < -0.4 is 15.8 Å². The van der Waals surface area contributed by atoms with Gasteiger partial charge in [-0.1, -0.05) is 48.1 Å². The number of thiazole rings is 1. The highest BCUT2D eigenvalue weighted by Crippen LogP contribution is 2.34. The van der Waals surface area contributed by atoms with Crippen LogP contribution in [0.15, 0.2) is 71.2 Å². The van der Waals surface area contributed by atoms with Gasteiger partial charge in [0.2, 0.25) is 15.9 Å². The van der Waals surface area contributed by atoms with Gasteiger partial charge in [-0.15, -0.1) is 11.3 Å². The van der Waals surface area contributed by atoms with E-state index in [9.17, 15) is 13.2 Å². The van der Waals surface area contributed by atoms with Gasteiger partial charge < -0.3 is 15.8 Å². The predicted octanol–water partition coefficient (Wildman–Crippen LogP) is 3.72. The summed E-state index contributed by atoms with van der Waals surface area (Å²) in [6.45, 7) is 1.51. The molecule has 8 nitrogen and oxygen atoms in total. The molecule has 198 valence electrons. The molecule has 2 aliphatic carbocycles. The maximum absolute atomic E-state index is 13.6. The second-order valence-corrected chi connectivity index (χ2v) is 12.0. The number of ether oxygens (including phenoxy) is 1. The van der Waals surface area contributed by atoms with Crippen LogP contribution in [0.5, 0.6) is 0 Å². The molecule has 2 aromatic rings. The molecule has 3 atom stereocenters. The first-order valence-electron chi connectivity index (χ1n) is 12.5. The Balaban J connectivity index is 1.54. The molecule has 10 heteroatoms. The first-order valence-corrected chi connectivity index (χ1v) is 14.8. The van der Waals surface area contributed by atoms with E-state index in [0.29, 0.717) is 39.0 Å². The second kappa shape index (κ2) is 12.7. The molecule has 1 aromatic heterocycles. The Hall–Kier alpha value is -2.63. The third-order valence-corrected chi connectivity index (χ3v) is 9.09. The van der Waals surface area contributed by atoms with Crippen molar-refractivity contribution < 1.29 is 17.9 Å². The standard InChI is InChI=1S/C27H34N4O4S2/c1-35-14-6-13-29-26(32)21-9-5-10-22(17-21)37(33,34)31-24(16-19-7-4-8-20(15-19)18-28)27-30-23-11-2-3-12-25(23)36-27/h2-5,7-8,10-12,17,19,21,24,31H,6,9,13-16,18,28H2,1H3,(H,29,32). The zero-order valence-corrected chi connectivity index (χ0v) is 22.6. The van der Waals surface area contributed by atoms with Crippen LogP contribution >= 0.6 is 11.3 Å². The first kappa shape index (κ1) is 27.4. The molecule has 0 bridgehead atoms. The Morgan fingerprint density at radius 2 is 2.16 bits per heavy atom. The lowest BCUT2D eigenvalue weighted by atomic mass is 9.89. The number of carbonyl (C=O) groups is 1. The van der Waals surface area contributed by atoms with Gasteiger partial charge in [-0.3, -0.25) is 4.79 Å². The smallest absolute Gasteiger partial charge is 0.240 e. The van der Waals surface area contributed by atoms with E-state index in [4.69, 9.17) is 15.5 Å². The summed E-state index contributed by atoms with van der Waals surface area (Å²) < 4.78 is 36.0. The quantitative estimate of drug-likeness (QED) is 0.351. The maximum atomic E-state index is 13.6. The average Bonchev–Trinajstić information content (AvgIpc) is 3.35. The van der Waals surface area contributed by atoms with E-state index in [1.54, 1.807) is 25.3 Å². The summed E-state index contributed by atoms with van der Waals surface area (Å²) in [6, 6.07) is 7.26. The van der Waals surface area contributed by atoms with Crippen molar-refractivity contribution in [2.24, 2.45) is 17.6 Å². The van der Waals surface area contributed by atoms with Gasteiger partial charge in [0.05, 0.1) is 27.1 Å². The van der Waals surface area contributed by atoms with E-state index >= 15 is 0 Å². The van der Waals surface area contributed by atoms with Crippen LogP contribution in [0.3, 0.4) is 0 Å². The number of hydrogen-bond donors (Lipinski definition) is 3. The van der Waals surface area contributed by atoms with Crippen LogP contribution in [0.1, 0.15) is 36.7 Å². The molecule has 0 saturated heterocycles. The van der Waals surface area contributed by atoms with Crippen LogP contribution in [-0.4, -0.2) is 46.1 Å². The summed E-state index contributed by atoms with van der Waals surface area (Å²) in [6.07, 6.45) is 13.4. The number of para-hydroxylation sites is 1. The van der Waals surface area contributed by atoms with Crippen LogP contribution in [-0.2, 0) is 19.6 Å². The highest BCUT2D eigenvalue weighted by atomic mass is 32.2. The van der Waals surface area contributed by atoms with Gasteiger partial charge in [-0.2, -0.15) is 0 Å². The monoisotopic (exact) mass is 542 g/mol. The van der Waals surface area contributed by atoms with Gasteiger partial charge in [-0.05, 0) is 49.8 Å². The number of methoxy groups -OCH3 is 1. The van der Waals surface area contributed by atoms with E-state index < -0.39 is 22.0 Å². The van der Waals surface area contributed by atoms with Gasteiger partial charge in [0.1, 0.15) is 5.01 Å². The number of amides is 1. The van der Waals surface area contributed by atoms with Crippen LogP contribution in [0.2, 0.25) is 0 Å². The number of sulfonamides is 1. The van der Waals surface area contributed by atoms with Crippen molar-refractivity contribution in [3.63, 3.8) is 0 Å². The number of allylic oxidation sites excluding steroid dienone is 5.